The second-order valence-corrected chi connectivity index (χ2v) is 17.6. The van der Waals surface area contributed by atoms with Gasteiger partial charge in [-0.2, -0.15) is 0 Å². The van der Waals surface area contributed by atoms with Gasteiger partial charge in [0.25, 0.3) is 0 Å². The summed E-state index contributed by atoms with van der Waals surface area (Å²) in [6.07, 6.45) is 0. The van der Waals surface area contributed by atoms with Crippen LogP contribution in [-0.2, 0) is 5.41 Å². The Kier molecular flexibility index (Phi) is 9.17. The minimum atomic E-state index is -0.0473. The van der Waals surface area contributed by atoms with Crippen molar-refractivity contribution in [2.75, 3.05) is 0 Å². The fourth-order valence-corrected chi connectivity index (χ4v) is 9.94. The van der Waals surface area contributed by atoms with E-state index in [0.717, 1.165) is 72.3 Å². The van der Waals surface area contributed by atoms with E-state index in [-0.39, 0.29) is 5.41 Å². The van der Waals surface area contributed by atoms with Gasteiger partial charge in [-0.1, -0.05) is 214 Å². The summed E-state index contributed by atoms with van der Waals surface area (Å²) in [7, 11) is 0. The highest BCUT2D eigenvalue weighted by Gasteiger charge is 2.35. The quantitative estimate of drug-likeness (QED) is 0.150. The number of hydrogen-bond acceptors (Lipinski definition) is 3. The van der Waals surface area contributed by atoms with Crippen molar-refractivity contribution in [2.24, 2.45) is 0 Å². The van der Waals surface area contributed by atoms with Crippen LogP contribution in [0.5, 0.6) is 0 Å². The lowest BCUT2D eigenvalue weighted by atomic mass is 9.81. The summed E-state index contributed by atoms with van der Waals surface area (Å²) in [6.45, 7) is 4.67. The molecule has 3 heteroatoms. The maximum Gasteiger partial charge on any atom is 0.160 e. The summed E-state index contributed by atoms with van der Waals surface area (Å²) in [6, 6.07) is 80.2. The molecule has 9 aromatic carbocycles. The lowest BCUT2D eigenvalue weighted by Gasteiger charge is -2.22. The predicted octanol–water partition coefficient (Wildman–Crippen LogP) is 16.2. The number of fused-ring (bicyclic) bond motifs is 6. The van der Waals surface area contributed by atoms with Crippen LogP contribution in [0.3, 0.4) is 0 Å². The highest BCUT2D eigenvalue weighted by Crippen LogP contribution is 2.49. The SMILES string of the molecule is CC1(C)c2ccccc2-c2ccc(-c3ccc(-c4cc(-c5ccc(-c6cccc(-c7cccc8c(-c9ccccc9)nc9ccccc9c78)c6)cc5)nc(-c5ccccc5)n4)cc3)cc21. The Labute approximate surface area is 379 Å². The molecule has 306 valence electrons. The third kappa shape index (κ3) is 6.72. The zero-order chi connectivity index (χ0) is 43.5. The van der Waals surface area contributed by atoms with Gasteiger partial charge in [0.15, 0.2) is 5.82 Å². The van der Waals surface area contributed by atoms with Crippen LogP contribution < -0.4 is 0 Å². The maximum absolute atomic E-state index is 5.18. The first-order valence-corrected chi connectivity index (χ1v) is 22.3. The molecule has 0 bridgehead atoms. The number of benzene rings is 9. The summed E-state index contributed by atoms with van der Waals surface area (Å²) >= 11 is 0. The molecule has 12 rings (SSSR count). The molecule has 65 heavy (non-hydrogen) atoms. The highest BCUT2D eigenvalue weighted by molar-refractivity contribution is 6.17. The average Bonchev–Trinajstić information content (AvgIpc) is 3.61. The maximum atomic E-state index is 5.18. The van der Waals surface area contributed by atoms with E-state index in [0.29, 0.717) is 5.82 Å². The Bertz CT molecular complexity index is 3590. The van der Waals surface area contributed by atoms with Gasteiger partial charge < -0.3 is 0 Å². The van der Waals surface area contributed by atoms with Gasteiger partial charge in [-0.3, -0.25) is 0 Å². The van der Waals surface area contributed by atoms with Gasteiger partial charge in [0.05, 0.1) is 22.6 Å². The molecule has 0 aliphatic heterocycles. The monoisotopic (exact) mass is 829 g/mol. The molecule has 0 spiro atoms. The summed E-state index contributed by atoms with van der Waals surface area (Å²) in [4.78, 5) is 15.5. The summed E-state index contributed by atoms with van der Waals surface area (Å²) in [5, 5.41) is 3.51. The van der Waals surface area contributed by atoms with E-state index in [1.807, 2.05) is 18.2 Å². The average molecular weight is 830 g/mol. The molecule has 0 unspecified atom stereocenters. The molecule has 2 aromatic heterocycles. The topological polar surface area (TPSA) is 38.7 Å². The largest absolute Gasteiger partial charge is 0.247 e. The fourth-order valence-electron chi connectivity index (χ4n) is 9.94. The number of para-hydroxylation sites is 1. The van der Waals surface area contributed by atoms with E-state index in [9.17, 15) is 0 Å². The standard InChI is InChI=1S/C62H43N3/c1-62(2)54-25-11-9-21-50(54)51-36-35-47(38-55(51)62)41-29-33-43(34-30-41)58-39-57(64-61(65-58)45-17-7-4-8-18-45)42-31-27-40(28-32-42)46-19-13-20-48(37-46)49-23-14-24-53-59(49)52-22-10-12-26-56(52)63-60(53)44-15-5-3-6-16-44/h3-39H,1-2H3. The number of pyridine rings is 1. The van der Waals surface area contributed by atoms with Gasteiger partial charge in [0.2, 0.25) is 0 Å². The van der Waals surface area contributed by atoms with E-state index in [2.05, 4.69) is 220 Å². The number of rotatable bonds is 7. The molecule has 11 aromatic rings. The van der Waals surface area contributed by atoms with Crippen molar-refractivity contribution >= 4 is 21.7 Å². The summed E-state index contributed by atoms with van der Waals surface area (Å²) < 4.78 is 0. The van der Waals surface area contributed by atoms with Gasteiger partial charge in [-0.15, -0.1) is 0 Å². The normalized spacial score (nSPS) is 12.6. The van der Waals surface area contributed by atoms with E-state index < -0.39 is 0 Å². The molecule has 2 heterocycles. The third-order valence-corrected chi connectivity index (χ3v) is 13.3. The first kappa shape index (κ1) is 38.4. The van der Waals surface area contributed by atoms with Crippen molar-refractivity contribution in [1.82, 2.24) is 15.0 Å². The molecular weight excluding hydrogens is 787 g/mol. The number of hydrogen-bond donors (Lipinski definition) is 0. The third-order valence-electron chi connectivity index (χ3n) is 13.3. The van der Waals surface area contributed by atoms with Gasteiger partial charge in [-0.25, -0.2) is 15.0 Å². The fraction of sp³-hybridized carbons (Fsp3) is 0.0484. The van der Waals surface area contributed by atoms with Gasteiger partial charge in [0, 0.05) is 43.8 Å². The van der Waals surface area contributed by atoms with Crippen molar-refractivity contribution in [2.45, 2.75) is 19.3 Å². The van der Waals surface area contributed by atoms with Gasteiger partial charge >= 0.3 is 0 Å². The van der Waals surface area contributed by atoms with Crippen LogP contribution in [0.15, 0.2) is 224 Å². The van der Waals surface area contributed by atoms with Crippen molar-refractivity contribution in [3.63, 3.8) is 0 Å². The molecule has 0 saturated carbocycles. The molecule has 0 radical (unpaired) electrons. The summed E-state index contributed by atoms with van der Waals surface area (Å²) in [5.74, 6) is 0.701. The second kappa shape index (κ2) is 15.5. The van der Waals surface area contributed by atoms with Crippen molar-refractivity contribution in [3.8, 4) is 89.7 Å². The van der Waals surface area contributed by atoms with Gasteiger partial charge in [-0.05, 0) is 79.9 Å². The Morgan fingerprint density at radius 3 is 1.54 bits per heavy atom. The molecule has 1 aliphatic carbocycles. The highest BCUT2D eigenvalue weighted by atomic mass is 14.9. The Morgan fingerprint density at radius 1 is 0.308 bits per heavy atom. The molecule has 0 amide bonds. The zero-order valence-corrected chi connectivity index (χ0v) is 36.2. The van der Waals surface area contributed by atoms with Crippen LogP contribution in [-0.4, -0.2) is 15.0 Å². The first-order valence-electron chi connectivity index (χ1n) is 22.3. The Morgan fingerprint density at radius 2 is 0.815 bits per heavy atom. The Hall–Kier alpha value is -8.27. The second-order valence-electron chi connectivity index (χ2n) is 17.6. The molecule has 3 nitrogen and oxygen atoms in total. The molecule has 0 N–H and O–H groups in total. The van der Waals surface area contributed by atoms with Crippen LogP contribution in [0, 0.1) is 0 Å². The molecule has 1 aliphatic rings. The van der Waals surface area contributed by atoms with Crippen LogP contribution in [0.4, 0.5) is 0 Å². The predicted molar refractivity (Wildman–Crippen MR) is 270 cm³/mol. The molecule has 0 fully saturated rings. The van der Waals surface area contributed by atoms with Gasteiger partial charge in [0.1, 0.15) is 0 Å². The van der Waals surface area contributed by atoms with Crippen molar-refractivity contribution in [3.05, 3.63) is 236 Å². The summed E-state index contributed by atoms with van der Waals surface area (Å²) in [5.41, 5.74) is 20.4. The Balaban J connectivity index is 0.884. The zero-order valence-electron chi connectivity index (χ0n) is 36.2. The molecular formula is C62H43N3. The van der Waals surface area contributed by atoms with Crippen LogP contribution in [0.25, 0.3) is 111 Å². The van der Waals surface area contributed by atoms with Crippen LogP contribution >= 0.6 is 0 Å². The van der Waals surface area contributed by atoms with Crippen LogP contribution in [0.2, 0.25) is 0 Å². The lowest BCUT2D eigenvalue weighted by Crippen LogP contribution is -2.14. The van der Waals surface area contributed by atoms with E-state index in [1.54, 1.807) is 0 Å². The van der Waals surface area contributed by atoms with E-state index in [4.69, 9.17) is 15.0 Å². The number of aromatic nitrogens is 3. The van der Waals surface area contributed by atoms with Crippen molar-refractivity contribution in [1.29, 1.82) is 0 Å². The number of nitrogens with zero attached hydrogens (tertiary/aromatic N) is 3. The first-order chi connectivity index (χ1) is 32.0. The van der Waals surface area contributed by atoms with E-state index >= 15 is 0 Å². The lowest BCUT2D eigenvalue weighted by molar-refractivity contribution is 0.660. The van der Waals surface area contributed by atoms with Crippen molar-refractivity contribution < 1.29 is 0 Å². The van der Waals surface area contributed by atoms with E-state index in [1.165, 1.54) is 44.3 Å². The molecule has 0 atom stereocenters. The smallest absolute Gasteiger partial charge is 0.160 e. The molecule has 0 saturated heterocycles. The minimum absolute atomic E-state index is 0.0473. The minimum Gasteiger partial charge on any atom is -0.247 e. The van der Waals surface area contributed by atoms with Crippen LogP contribution in [0.1, 0.15) is 25.0 Å².